The number of hydrogen-bond acceptors (Lipinski definition) is 1. The Morgan fingerprint density at radius 3 is 2.53 bits per heavy atom. The first-order valence-electron chi connectivity index (χ1n) is 5.79. The summed E-state index contributed by atoms with van der Waals surface area (Å²) < 4.78 is 5.03. The molecule has 0 N–H and O–H groups in total. The molecular formula is C14H22O. The molecule has 0 aliphatic heterocycles. The molecule has 0 aliphatic rings. The fourth-order valence-electron chi connectivity index (χ4n) is 1.86. The molecule has 0 atom stereocenters. The van der Waals surface area contributed by atoms with Gasteiger partial charge in [0.15, 0.2) is 0 Å². The van der Waals surface area contributed by atoms with Crippen LogP contribution < -0.4 is 0 Å². The van der Waals surface area contributed by atoms with Gasteiger partial charge in [-0.1, -0.05) is 30.2 Å². The molecule has 0 fully saturated rings. The topological polar surface area (TPSA) is 9.23 Å². The van der Waals surface area contributed by atoms with Crippen LogP contribution in [0.25, 0.3) is 0 Å². The van der Waals surface area contributed by atoms with E-state index in [0.717, 1.165) is 6.61 Å². The lowest BCUT2D eigenvalue weighted by atomic mass is 10.0. The first-order valence-corrected chi connectivity index (χ1v) is 5.79. The minimum atomic E-state index is 0.896. The van der Waals surface area contributed by atoms with E-state index in [2.05, 4.69) is 32.0 Å². The second-order valence-corrected chi connectivity index (χ2v) is 4.23. The molecule has 0 radical (unpaired) electrons. The van der Waals surface area contributed by atoms with E-state index in [-0.39, 0.29) is 0 Å². The second-order valence-electron chi connectivity index (χ2n) is 4.23. The highest BCUT2D eigenvalue weighted by atomic mass is 16.5. The Kier molecular flexibility index (Phi) is 5.41. The predicted molar refractivity (Wildman–Crippen MR) is 65.3 cm³/mol. The van der Waals surface area contributed by atoms with E-state index in [4.69, 9.17) is 4.74 Å². The minimum absolute atomic E-state index is 0.896. The quantitative estimate of drug-likeness (QED) is 0.645. The first-order chi connectivity index (χ1) is 7.24. The van der Waals surface area contributed by atoms with Crippen molar-refractivity contribution in [3.05, 3.63) is 34.9 Å². The highest BCUT2D eigenvalue weighted by Crippen LogP contribution is 2.13. The van der Waals surface area contributed by atoms with Crippen molar-refractivity contribution in [1.29, 1.82) is 0 Å². The summed E-state index contributed by atoms with van der Waals surface area (Å²) in [6.45, 7) is 5.25. The van der Waals surface area contributed by atoms with Crippen LogP contribution in [0.3, 0.4) is 0 Å². The Morgan fingerprint density at radius 2 is 1.87 bits per heavy atom. The highest BCUT2D eigenvalue weighted by molar-refractivity contribution is 5.30. The van der Waals surface area contributed by atoms with Crippen LogP contribution in [-0.2, 0) is 11.2 Å². The zero-order valence-electron chi connectivity index (χ0n) is 10.2. The van der Waals surface area contributed by atoms with Crippen molar-refractivity contribution >= 4 is 0 Å². The molecule has 0 aromatic heterocycles. The molecule has 1 nitrogen and oxygen atoms in total. The zero-order chi connectivity index (χ0) is 11.1. The molecule has 0 spiro atoms. The van der Waals surface area contributed by atoms with Gasteiger partial charge in [0.2, 0.25) is 0 Å². The SMILES string of the molecule is COCCCCCc1ccc(C)cc1C. The number of aryl methyl sites for hydroxylation is 3. The Hall–Kier alpha value is -0.820. The summed E-state index contributed by atoms with van der Waals surface area (Å²) in [5, 5.41) is 0. The van der Waals surface area contributed by atoms with Crippen LogP contribution in [0, 0.1) is 13.8 Å². The van der Waals surface area contributed by atoms with E-state index >= 15 is 0 Å². The van der Waals surface area contributed by atoms with Crippen LogP contribution >= 0.6 is 0 Å². The van der Waals surface area contributed by atoms with Crippen molar-refractivity contribution in [1.82, 2.24) is 0 Å². The molecule has 0 heterocycles. The second kappa shape index (κ2) is 6.62. The van der Waals surface area contributed by atoms with Gasteiger partial charge in [0.05, 0.1) is 0 Å². The largest absolute Gasteiger partial charge is 0.385 e. The van der Waals surface area contributed by atoms with Gasteiger partial charge in [0, 0.05) is 13.7 Å². The van der Waals surface area contributed by atoms with Crippen molar-refractivity contribution in [2.75, 3.05) is 13.7 Å². The van der Waals surface area contributed by atoms with Crippen molar-refractivity contribution < 1.29 is 4.74 Å². The highest BCUT2D eigenvalue weighted by Gasteiger charge is 1.98. The normalized spacial score (nSPS) is 10.6. The summed E-state index contributed by atoms with van der Waals surface area (Å²) in [4.78, 5) is 0. The van der Waals surface area contributed by atoms with E-state index < -0.39 is 0 Å². The van der Waals surface area contributed by atoms with Gasteiger partial charge in [-0.3, -0.25) is 0 Å². The summed E-state index contributed by atoms with van der Waals surface area (Å²) in [6, 6.07) is 6.74. The van der Waals surface area contributed by atoms with E-state index in [1.54, 1.807) is 7.11 Å². The summed E-state index contributed by atoms with van der Waals surface area (Å²) in [5.74, 6) is 0. The Bertz CT molecular complexity index is 291. The average Bonchev–Trinajstić information content (AvgIpc) is 2.20. The number of rotatable bonds is 6. The van der Waals surface area contributed by atoms with Crippen LogP contribution in [0.4, 0.5) is 0 Å². The number of benzene rings is 1. The van der Waals surface area contributed by atoms with Crippen molar-refractivity contribution in [2.24, 2.45) is 0 Å². The molecule has 1 rings (SSSR count). The van der Waals surface area contributed by atoms with E-state index in [1.807, 2.05) is 0 Å². The third kappa shape index (κ3) is 4.48. The Balaban J connectivity index is 2.31. The van der Waals surface area contributed by atoms with Gasteiger partial charge >= 0.3 is 0 Å². The summed E-state index contributed by atoms with van der Waals surface area (Å²) in [5.41, 5.74) is 4.29. The van der Waals surface area contributed by atoms with Crippen molar-refractivity contribution in [3.8, 4) is 0 Å². The van der Waals surface area contributed by atoms with Gasteiger partial charge in [-0.25, -0.2) is 0 Å². The molecule has 0 amide bonds. The molecule has 0 bridgehead atoms. The van der Waals surface area contributed by atoms with Gasteiger partial charge in [-0.15, -0.1) is 0 Å². The van der Waals surface area contributed by atoms with Gasteiger partial charge < -0.3 is 4.74 Å². The van der Waals surface area contributed by atoms with Crippen molar-refractivity contribution in [3.63, 3.8) is 0 Å². The first kappa shape index (κ1) is 12.3. The third-order valence-electron chi connectivity index (χ3n) is 2.79. The van der Waals surface area contributed by atoms with E-state index in [1.165, 1.54) is 42.4 Å². The third-order valence-corrected chi connectivity index (χ3v) is 2.79. The molecular weight excluding hydrogens is 184 g/mol. The lowest BCUT2D eigenvalue weighted by Crippen LogP contribution is -1.93. The molecule has 1 aromatic rings. The number of methoxy groups -OCH3 is 1. The molecule has 0 aliphatic carbocycles. The zero-order valence-corrected chi connectivity index (χ0v) is 10.2. The van der Waals surface area contributed by atoms with Crippen LogP contribution in [0.5, 0.6) is 0 Å². The van der Waals surface area contributed by atoms with Gasteiger partial charge in [0.25, 0.3) is 0 Å². The van der Waals surface area contributed by atoms with Crippen LogP contribution in [-0.4, -0.2) is 13.7 Å². The van der Waals surface area contributed by atoms with Gasteiger partial charge in [-0.05, 0) is 44.2 Å². The lowest BCUT2D eigenvalue weighted by molar-refractivity contribution is 0.192. The maximum Gasteiger partial charge on any atom is 0.0462 e. The average molecular weight is 206 g/mol. The standard InChI is InChI=1S/C14H22O/c1-12-8-9-14(13(2)11-12)7-5-4-6-10-15-3/h8-9,11H,4-7,10H2,1-3H3. The van der Waals surface area contributed by atoms with Crippen molar-refractivity contribution in [2.45, 2.75) is 39.5 Å². The molecule has 0 saturated carbocycles. The van der Waals surface area contributed by atoms with Gasteiger partial charge in [0.1, 0.15) is 0 Å². The fraction of sp³-hybridized carbons (Fsp3) is 0.571. The molecule has 15 heavy (non-hydrogen) atoms. The maximum absolute atomic E-state index is 5.03. The number of hydrogen-bond donors (Lipinski definition) is 0. The monoisotopic (exact) mass is 206 g/mol. The fourth-order valence-corrected chi connectivity index (χ4v) is 1.86. The van der Waals surface area contributed by atoms with Crippen LogP contribution in [0.1, 0.15) is 36.0 Å². The summed E-state index contributed by atoms with van der Waals surface area (Å²) in [6.07, 6.45) is 4.92. The summed E-state index contributed by atoms with van der Waals surface area (Å²) in [7, 11) is 1.77. The van der Waals surface area contributed by atoms with Crippen LogP contribution in [0.2, 0.25) is 0 Å². The van der Waals surface area contributed by atoms with Crippen LogP contribution in [0.15, 0.2) is 18.2 Å². The lowest BCUT2D eigenvalue weighted by Gasteiger charge is -2.06. The van der Waals surface area contributed by atoms with Gasteiger partial charge in [-0.2, -0.15) is 0 Å². The molecule has 1 aromatic carbocycles. The Morgan fingerprint density at radius 1 is 1.07 bits per heavy atom. The number of unbranched alkanes of at least 4 members (excludes halogenated alkanes) is 2. The molecule has 0 saturated heterocycles. The molecule has 1 heteroatoms. The van der Waals surface area contributed by atoms with E-state index in [0.29, 0.717) is 0 Å². The maximum atomic E-state index is 5.03. The Labute approximate surface area is 93.5 Å². The molecule has 84 valence electrons. The van der Waals surface area contributed by atoms with E-state index in [9.17, 15) is 0 Å². The molecule has 0 unspecified atom stereocenters. The number of ether oxygens (including phenoxy) is 1. The predicted octanol–water partition coefficient (Wildman–Crippen LogP) is 3.66. The summed E-state index contributed by atoms with van der Waals surface area (Å²) >= 11 is 0. The minimum Gasteiger partial charge on any atom is -0.385 e. The smallest absolute Gasteiger partial charge is 0.0462 e.